The number of amides is 1. The highest BCUT2D eigenvalue weighted by Gasteiger charge is 2.30. The van der Waals surface area contributed by atoms with E-state index in [0.717, 1.165) is 56.4 Å². The second-order valence-corrected chi connectivity index (χ2v) is 8.93. The molecule has 1 fully saturated rings. The Morgan fingerprint density at radius 3 is 2.46 bits per heavy atom. The molecule has 1 saturated heterocycles. The molecule has 6 nitrogen and oxygen atoms in total. The summed E-state index contributed by atoms with van der Waals surface area (Å²) in [6, 6.07) is 14.0. The first-order valence-electron chi connectivity index (χ1n) is 11.7. The Balaban J connectivity index is 1.57. The van der Waals surface area contributed by atoms with Crippen LogP contribution in [0.15, 0.2) is 48.5 Å². The van der Waals surface area contributed by atoms with E-state index in [0.29, 0.717) is 28.9 Å². The number of halogens is 3. The van der Waals surface area contributed by atoms with Gasteiger partial charge in [0.15, 0.2) is 0 Å². The standard InChI is InChI=1S/C26H28F3N5O/c27-26(28,29)21-6-3-18(4-7-21)17-34-23-14-19(16-31)2-5-20(23)15-24(34)25(35)32-22-8-12-33(13-9-22)11-1-10-30/h2-7,14-15,22H,1,8-13,17,30H2,(H,32,35). The molecular formula is C26H28F3N5O. The molecule has 1 aliphatic heterocycles. The number of alkyl halides is 3. The molecule has 1 amide bonds. The maximum absolute atomic E-state index is 13.3. The average Bonchev–Trinajstić information content (AvgIpc) is 3.21. The van der Waals surface area contributed by atoms with E-state index in [1.54, 1.807) is 28.8 Å². The predicted octanol–water partition coefficient (Wildman–Crippen LogP) is 4.12. The van der Waals surface area contributed by atoms with Crippen molar-refractivity contribution in [2.45, 2.75) is 38.0 Å². The monoisotopic (exact) mass is 483 g/mol. The highest BCUT2D eigenvalue weighted by Crippen LogP contribution is 2.30. The van der Waals surface area contributed by atoms with Crippen molar-refractivity contribution in [1.29, 1.82) is 5.26 Å². The molecule has 2 heterocycles. The van der Waals surface area contributed by atoms with Crippen molar-refractivity contribution >= 4 is 16.8 Å². The number of nitrogens with zero attached hydrogens (tertiary/aromatic N) is 3. The van der Waals surface area contributed by atoms with Crippen molar-refractivity contribution < 1.29 is 18.0 Å². The molecule has 184 valence electrons. The summed E-state index contributed by atoms with van der Waals surface area (Å²) < 4.78 is 40.7. The Morgan fingerprint density at radius 2 is 1.83 bits per heavy atom. The summed E-state index contributed by atoms with van der Waals surface area (Å²) in [7, 11) is 0. The fourth-order valence-electron chi connectivity index (χ4n) is 4.54. The van der Waals surface area contributed by atoms with Crippen LogP contribution in [0.1, 0.15) is 46.4 Å². The number of nitrogens with one attached hydrogen (secondary N) is 1. The maximum Gasteiger partial charge on any atom is 0.416 e. The van der Waals surface area contributed by atoms with E-state index in [4.69, 9.17) is 5.73 Å². The molecule has 1 aliphatic rings. The minimum absolute atomic E-state index is 0.0452. The molecule has 9 heteroatoms. The van der Waals surface area contributed by atoms with Crippen LogP contribution in [0, 0.1) is 11.3 Å². The molecular weight excluding hydrogens is 455 g/mol. The lowest BCUT2D eigenvalue weighted by atomic mass is 10.0. The molecule has 3 aromatic rings. The van der Waals surface area contributed by atoms with E-state index in [1.165, 1.54) is 12.1 Å². The van der Waals surface area contributed by atoms with Gasteiger partial charge in [-0.25, -0.2) is 0 Å². The summed E-state index contributed by atoms with van der Waals surface area (Å²) in [4.78, 5) is 15.7. The molecule has 2 aromatic carbocycles. The molecule has 0 aliphatic carbocycles. The fraction of sp³-hybridized carbons (Fsp3) is 0.385. The van der Waals surface area contributed by atoms with Gasteiger partial charge >= 0.3 is 6.18 Å². The second-order valence-electron chi connectivity index (χ2n) is 8.93. The number of nitrogens with two attached hydrogens (primary N) is 1. The van der Waals surface area contributed by atoms with Crippen molar-refractivity contribution in [3.8, 4) is 6.07 Å². The van der Waals surface area contributed by atoms with Gasteiger partial charge in [0.25, 0.3) is 5.91 Å². The zero-order valence-corrected chi connectivity index (χ0v) is 19.3. The molecule has 4 rings (SSSR count). The van der Waals surface area contributed by atoms with E-state index >= 15 is 0 Å². The first-order chi connectivity index (χ1) is 16.8. The molecule has 1 aromatic heterocycles. The van der Waals surface area contributed by atoms with Crippen LogP contribution in [0.4, 0.5) is 13.2 Å². The lowest BCUT2D eigenvalue weighted by Gasteiger charge is -2.32. The number of hydrogen-bond acceptors (Lipinski definition) is 4. The smallest absolute Gasteiger partial charge is 0.348 e. The number of rotatable bonds is 7. The Morgan fingerprint density at radius 1 is 1.11 bits per heavy atom. The lowest BCUT2D eigenvalue weighted by molar-refractivity contribution is -0.137. The van der Waals surface area contributed by atoms with Gasteiger partial charge in [-0.1, -0.05) is 18.2 Å². The Hall–Kier alpha value is -3.35. The van der Waals surface area contributed by atoms with Gasteiger partial charge in [-0.15, -0.1) is 0 Å². The lowest BCUT2D eigenvalue weighted by Crippen LogP contribution is -2.45. The summed E-state index contributed by atoms with van der Waals surface area (Å²) in [5, 5.41) is 13.3. The second kappa shape index (κ2) is 10.5. The van der Waals surface area contributed by atoms with E-state index in [-0.39, 0.29) is 18.5 Å². The highest BCUT2D eigenvalue weighted by molar-refractivity contribution is 5.99. The summed E-state index contributed by atoms with van der Waals surface area (Å²) in [6.45, 7) is 3.61. The number of fused-ring (bicyclic) bond motifs is 1. The topological polar surface area (TPSA) is 87.1 Å². The van der Waals surface area contributed by atoms with Gasteiger partial charge in [0, 0.05) is 31.1 Å². The van der Waals surface area contributed by atoms with Crippen LogP contribution in [0.5, 0.6) is 0 Å². The molecule has 0 bridgehead atoms. The van der Waals surface area contributed by atoms with Crippen molar-refractivity contribution in [2.24, 2.45) is 5.73 Å². The number of piperidine rings is 1. The SMILES string of the molecule is N#Cc1ccc2cc(C(=O)NC3CCN(CCCN)CC3)n(Cc3ccc(C(F)(F)F)cc3)c2c1. The number of aromatic nitrogens is 1. The van der Waals surface area contributed by atoms with Crippen LogP contribution in [0.3, 0.4) is 0 Å². The van der Waals surface area contributed by atoms with Crippen LogP contribution in [-0.2, 0) is 12.7 Å². The summed E-state index contributed by atoms with van der Waals surface area (Å²) in [6.07, 6.45) is -1.78. The maximum atomic E-state index is 13.3. The van der Waals surface area contributed by atoms with E-state index in [2.05, 4.69) is 16.3 Å². The number of carbonyl (C=O) groups is 1. The van der Waals surface area contributed by atoms with Crippen molar-refractivity contribution in [3.63, 3.8) is 0 Å². The first kappa shape index (κ1) is 24.8. The zero-order valence-electron chi connectivity index (χ0n) is 19.3. The van der Waals surface area contributed by atoms with Crippen molar-refractivity contribution in [2.75, 3.05) is 26.2 Å². The van der Waals surface area contributed by atoms with E-state index in [9.17, 15) is 23.2 Å². The number of carbonyl (C=O) groups excluding carboxylic acids is 1. The Kier molecular flexibility index (Phi) is 7.43. The normalized spacial score (nSPS) is 15.3. The summed E-state index contributed by atoms with van der Waals surface area (Å²) >= 11 is 0. The molecule has 0 spiro atoms. The minimum Gasteiger partial charge on any atom is -0.348 e. The molecule has 3 N–H and O–H groups in total. The van der Waals surface area contributed by atoms with Gasteiger partial charge in [0.1, 0.15) is 5.69 Å². The van der Waals surface area contributed by atoms with Crippen LogP contribution >= 0.6 is 0 Å². The van der Waals surface area contributed by atoms with Gasteiger partial charge in [-0.05, 0) is 68.2 Å². The number of likely N-dealkylation sites (tertiary alicyclic amines) is 1. The molecule has 0 atom stereocenters. The Bertz CT molecular complexity index is 1220. The first-order valence-corrected chi connectivity index (χ1v) is 11.7. The van der Waals surface area contributed by atoms with Crippen LogP contribution in [0.25, 0.3) is 10.9 Å². The van der Waals surface area contributed by atoms with Gasteiger partial charge in [0.2, 0.25) is 0 Å². The zero-order chi connectivity index (χ0) is 25.0. The molecule has 0 radical (unpaired) electrons. The van der Waals surface area contributed by atoms with Gasteiger partial charge in [-0.3, -0.25) is 4.79 Å². The molecule has 0 unspecified atom stereocenters. The summed E-state index contributed by atoms with van der Waals surface area (Å²) in [5.74, 6) is -0.230. The van der Waals surface area contributed by atoms with Gasteiger partial charge < -0.3 is 20.5 Å². The minimum atomic E-state index is -4.41. The van der Waals surface area contributed by atoms with Crippen molar-refractivity contribution in [3.05, 3.63) is 70.9 Å². The third kappa shape index (κ3) is 5.84. The Labute approximate surface area is 202 Å². The van der Waals surface area contributed by atoms with E-state index in [1.807, 2.05) is 0 Å². The van der Waals surface area contributed by atoms with Gasteiger partial charge in [-0.2, -0.15) is 18.4 Å². The van der Waals surface area contributed by atoms with Crippen LogP contribution in [-0.4, -0.2) is 47.6 Å². The summed E-state index contributed by atoms with van der Waals surface area (Å²) in [5.41, 5.74) is 7.05. The number of benzene rings is 2. The third-order valence-corrected chi connectivity index (χ3v) is 6.49. The third-order valence-electron chi connectivity index (χ3n) is 6.49. The fourth-order valence-corrected chi connectivity index (χ4v) is 4.54. The number of nitriles is 1. The van der Waals surface area contributed by atoms with Crippen LogP contribution in [0.2, 0.25) is 0 Å². The van der Waals surface area contributed by atoms with Crippen molar-refractivity contribution in [1.82, 2.24) is 14.8 Å². The van der Waals surface area contributed by atoms with E-state index < -0.39 is 11.7 Å². The average molecular weight is 484 g/mol. The highest BCUT2D eigenvalue weighted by atomic mass is 19.4. The molecule has 0 saturated carbocycles. The number of hydrogen-bond donors (Lipinski definition) is 2. The van der Waals surface area contributed by atoms with Gasteiger partial charge in [0.05, 0.1) is 22.7 Å². The molecule has 35 heavy (non-hydrogen) atoms. The predicted molar refractivity (Wildman–Crippen MR) is 128 cm³/mol. The largest absolute Gasteiger partial charge is 0.416 e. The quantitative estimate of drug-likeness (QED) is 0.529. The van der Waals surface area contributed by atoms with Crippen LogP contribution < -0.4 is 11.1 Å².